The second-order valence-corrected chi connectivity index (χ2v) is 5.70. The Balaban J connectivity index is 3.43. The van der Waals surface area contributed by atoms with E-state index in [1.54, 1.807) is 0 Å². The smallest absolute Gasteiger partial charge is 0.309 e. The van der Waals surface area contributed by atoms with Gasteiger partial charge in [0.15, 0.2) is 0 Å². The van der Waals surface area contributed by atoms with Gasteiger partial charge in [0, 0.05) is 0 Å². The molecule has 0 radical (unpaired) electrons. The number of allylic oxidation sites excluding steroid dienone is 1. The maximum Gasteiger partial charge on any atom is 0.309 e. The number of rotatable bonds is 13. The molecule has 0 saturated heterocycles. The van der Waals surface area contributed by atoms with Gasteiger partial charge >= 0.3 is 5.97 Å². The Bertz CT molecular complexity index is 256. The van der Waals surface area contributed by atoms with Gasteiger partial charge in [-0.15, -0.1) is 0 Å². The van der Waals surface area contributed by atoms with E-state index < -0.39 is 0 Å². The van der Waals surface area contributed by atoms with Crippen LogP contribution in [0.1, 0.15) is 91.4 Å². The highest BCUT2D eigenvalue weighted by molar-refractivity contribution is 5.71. The summed E-state index contributed by atoms with van der Waals surface area (Å²) in [6, 6.07) is 0. The van der Waals surface area contributed by atoms with Crippen LogP contribution in [0.5, 0.6) is 0 Å². The van der Waals surface area contributed by atoms with Crippen molar-refractivity contribution < 1.29 is 9.53 Å². The van der Waals surface area contributed by atoms with Crippen molar-refractivity contribution in [3.8, 4) is 0 Å². The lowest BCUT2D eigenvalue weighted by Gasteiger charge is -2.03. The molecule has 0 aliphatic carbocycles. The number of ether oxygens (including phenoxy) is 1. The quantitative estimate of drug-likeness (QED) is 0.242. The molecular weight excluding hydrogens is 248 g/mol. The number of carbonyl (C=O) groups excluding carboxylic acids is 1. The van der Waals surface area contributed by atoms with E-state index in [-0.39, 0.29) is 5.97 Å². The monoisotopic (exact) mass is 282 g/mol. The van der Waals surface area contributed by atoms with Crippen molar-refractivity contribution in [3.05, 3.63) is 11.6 Å². The molecule has 0 amide bonds. The number of esters is 1. The standard InChI is InChI=1S/C18H34O2/c1-4-6-7-8-9-10-11-12-13-17(3)14-15-18(19)20-16-5-2/h14H,4-13,15-16H2,1-3H3. The first-order valence-corrected chi connectivity index (χ1v) is 8.52. The Morgan fingerprint density at radius 3 is 2.10 bits per heavy atom. The van der Waals surface area contributed by atoms with Gasteiger partial charge in [0.05, 0.1) is 13.0 Å². The Morgan fingerprint density at radius 2 is 1.50 bits per heavy atom. The first-order chi connectivity index (χ1) is 9.70. The van der Waals surface area contributed by atoms with E-state index >= 15 is 0 Å². The van der Waals surface area contributed by atoms with Gasteiger partial charge in [0.25, 0.3) is 0 Å². The molecule has 0 atom stereocenters. The maximum atomic E-state index is 11.3. The predicted molar refractivity (Wildman–Crippen MR) is 86.9 cm³/mol. The number of hydrogen-bond donors (Lipinski definition) is 0. The molecule has 20 heavy (non-hydrogen) atoms. The van der Waals surface area contributed by atoms with E-state index in [1.807, 2.05) is 13.0 Å². The lowest BCUT2D eigenvalue weighted by Crippen LogP contribution is -2.03. The highest BCUT2D eigenvalue weighted by Gasteiger charge is 1.99. The molecule has 0 fully saturated rings. The van der Waals surface area contributed by atoms with Crippen molar-refractivity contribution in [1.29, 1.82) is 0 Å². The Morgan fingerprint density at radius 1 is 0.900 bits per heavy atom. The lowest BCUT2D eigenvalue weighted by atomic mass is 10.0. The number of carbonyl (C=O) groups is 1. The zero-order chi connectivity index (χ0) is 15.1. The van der Waals surface area contributed by atoms with Crippen LogP contribution in [0, 0.1) is 0 Å². The molecular formula is C18H34O2. The van der Waals surface area contributed by atoms with Crippen LogP contribution in [0.15, 0.2) is 11.6 Å². The summed E-state index contributed by atoms with van der Waals surface area (Å²) in [6.45, 7) is 6.93. The normalized spacial score (nSPS) is 11.7. The van der Waals surface area contributed by atoms with E-state index in [9.17, 15) is 4.79 Å². The van der Waals surface area contributed by atoms with Crippen LogP contribution >= 0.6 is 0 Å². The van der Waals surface area contributed by atoms with Gasteiger partial charge in [-0.05, 0) is 26.2 Å². The molecule has 0 N–H and O–H groups in total. The first kappa shape index (κ1) is 19.2. The van der Waals surface area contributed by atoms with Gasteiger partial charge in [-0.2, -0.15) is 0 Å². The molecule has 2 heteroatoms. The minimum absolute atomic E-state index is 0.0953. The summed E-state index contributed by atoms with van der Waals surface area (Å²) in [7, 11) is 0. The Hall–Kier alpha value is -0.790. The predicted octanol–water partition coefficient (Wildman–Crippen LogP) is 5.81. The molecule has 0 rings (SSSR count). The van der Waals surface area contributed by atoms with E-state index in [1.165, 1.54) is 56.9 Å². The number of hydrogen-bond acceptors (Lipinski definition) is 2. The van der Waals surface area contributed by atoms with Crippen LogP contribution < -0.4 is 0 Å². The molecule has 0 aromatic rings. The van der Waals surface area contributed by atoms with Gasteiger partial charge in [-0.25, -0.2) is 0 Å². The highest BCUT2D eigenvalue weighted by Crippen LogP contribution is 2.13. The summed E-state index contributed by atoms with van der Waals surface area (Å²) in [6.07, 6.45) is 15.3. The zero-order valence-corrected chi connectivity index (χ0v) is 13.9. The minimum atomic E-state index is -0.0953. The maximum absolute atomic E-state index is 11.3. The van der Waals surface area contributed by atoms with Crippen LogP contribution in [0.3, 0.4) is 0 Å². The van der Waals surface area contributed by atoms with E-state index in [2.05, 4.69) is 13.8 Å². The van der Waals surface area contributed by atoms with Gasteiger partial charge in [0.2, 0.25) is 0 Å². The van der Waals surface area contributed by atoms with Gasteiger partial charge < -0.3 is 4.74 Å². The molecule has 0 aliphatic heterocycles. The molecule has 0 bridgehead atoms. The highest BCUT2D eigenvalue weighted by atomic mass is 16.5. The summed E-state index contributed by atoms with van der Waals surface area (Å²) >= 11 is 0. The molecule has 0 heterocycles. The molecule has 0 unspecified atom stereocenters. The Kier molecular flexibility index (Phi) is 14.0. The topological polar surface area (TPSA) is 26.3 Å². The van der Waals surface area contributed by atoms with Crippen molar-refractivity contribution >= 4 is 5.97 Å². The third-order valence-corrected chi connectivity index (χ3v) is 3.51. The minimum Gasteiger partial charge on any atom is -0.465 e. The van der Waals surface area contributed by atoms with E-state index in [4.69, 9.17) is 4.74 Å². The fraction of sp³-hybridized carbons (Fsp3) is 0.833. The third kappa shape index (κ3) is 13.6. The summed E-state index contributed by atoms with van der Waals surface area (Å²) in [5, 5.41) is 0. The van der Waals surface area contributed by atoms with Crippen LogP contribution in [0.25, 0.3) is 0 Å². The van der Waals surface area contributed by atoms with Crippen LogP contribution in [-0.2, 0) is 9.53 Å². The van der Waals surface area contributed by atoms with Crippen LogP contribution in [0.4, 0.5) is 0 Å². The SMILES string of the molecule is CCCCCCCCCCC(C)=CCC(=O)OCCC. The molecule has 2 nitrogen and oxygen atoms in total. The van der Waals surface area contributed by atoms with Crippen molar-refractivity contribution in [2.24, 2.45) is 0 Å². The molecule has 0 aromatic heterocycles. The Labute approximate surface area is 126 Å². The van der Waals surface area contributed by atoms with Crippen molar-refractivity contribution in [2.45, 2.75) is 91.4 Å². The largest absolute Gasteiger partial charge is 0.465 e. The second kappa shape index (κ2) is 14.6. The fourth-order valence-electron chi connectivity index (χ4n) is 2.17. The zero-order valence-electron chi connectivity index (χ0n) is 13.9. The van der Waals surface area contributed by atoms with Crippen LogP contribution in [-0.4, -0.2) is 12.6 Å². The van der Waals surface area contributed by atoms with Gasteiger partial charge in [0.1, 0.15) is 0 Å². The average Bonchev–Trinajstić information content (AvgIpc) is 2.45. The molecule has 0 aromatic carbocycles. The van der Waals surface area contributed by atoms with Gasteiger partial charge in [-0.1, -0.05) is 70.4 Å². The second-order valence-electron chi connectivity index (χ2n) is 5.70. The summed E-state index contributed by atoms with van der Waals surface area (Å²) in [5.41, 5.74) is 1.32. The third-order valence-electron chi connectivity index (χ3n) is 3.51. The molecule has 0 aliphatic rings. The fourth-order valence-corrected chi connectivity index (χ4v) is 2.17. The molecule has 0 saturated carbocycles. The van der Waals surface area contributed by atoms with Gasteiger partial charge in [-0.3, -0.25) is 4.79 Å². The first-order valence-electron chi connectivity index (χ1n) is 8.52. The summed E-state index contributed by atoms with van der Waals surface area (Å²) < 4.78 is 5.05. The average molecular weight is 282 g/mol. The van der Waals surface area contributed by atoms with Crippen molar-refractivity contribution in [3.63, 3.8) is 0 Å². The molecule has 118 valence electrons. The lowest BCUT2D eigenvalue weighted by molar-refractivity contribution is -0.142. The van der Waals surface area contributed by atoms with E-state index in [0.717, 1.165) is 12.8 Å². The van der Waals surface area contributed by atoms with Crippen LogP contribution in [0.2, 0.25) is 0 Å². The molecule has 0 spiro atoms. The van der Waals surface area contributed by atoms with Crippen molar-refractivity contribution in [2.75, 3.05) is 6.61 Å². The number of unbranched alkanes of at least 4 members (excludes halogenated alkanes) is 7. The van der Waals surface area contributed by atoms with E-state index in [0.29, 0.717) is 13.0 Å². The summed E-state index contributed by atoms with van der Waals surface area (Å²) in [4.78, 5) is 11.3. The van der Waals surface area contributed by atoms with Crippen molar-refractivity contribution in [1.82, 2.24) is 0 Å². The summed E-state index contributed by atoms with van der Waals surface area (Å²) in [5.74, 6) is -0.0953.